The van der Waals surface area contributed by atoms with Gasteiger partial charge < -0.3 is 10.2 Å². The lowest BCUT2D eigenvalue weighted by molar-refractivity contribution is 0.196. The largest absolute Gasteiger partial charge is 0.326 e. The number of likely N-dealkylation sites (tertiary alicyclic amines) is 1. The van der Waals surface area contributed by atoms with Crippen LogP contribution < -0.4 is 10.2 Å². The van der Waals surface area contributed by atoms with E-state index in [-0.39, 0.29) is 17.3 Å². The van der Waals surface area contributed by atoms with Crippen molar-refractivity contribution >= 4 is 29.0 Å². The van der Waals surface area contributed by atoms with Crippen molar-refractivity contribution in [1.29, 1.82) is 0 Å². The molecule has 0 radical (unpaired) electrons. The van der Waals surface area contributed by atoms with Gasteiger partial charge in [0.2, 0.25) is 0 Å². The van der Waals surface area contributed by atoms with Crippen LogP contribution in [0.5, 0.6) is 0 Å². The Kier molecular flexibility index (Phi) is 4.37. The molecule has 0 bridgehead atoms. The number of rotatable bonds is 1. The van der Waals surface area contributed by atoms with Crippen molar-refractivity contribution in [3.63, 3.8) is 0 Å². The molecule has 0 unspecified atom stereocenters. The Hall–Kier alpha value is -2.11. The predicted octanol–water partition coefficient (Wildman–Crippen LogP) is 4.49. The standard InChI is InChI=1S/C20H21ClFN3O/c1-24-9-7-20(8-10-24)13-25(18-6-5-15(22)12-17(18)20)19(26)23-16-4-2-3-14(21)11-16/h2-6,11-12H,7-10,13H2,1H3,(H,23,26). The van der Waals surface area contributed by atoms with Gasteiger partial charge in [0.05, 0.1) is 0 Å². The molecular weight excluding hydrogens is 353 g/mol. The van der Waals surface area contributed by atoms with Crippen LogP contribution in [0.1, 0.15) is 18.4 Å². The number of piperidine rings is 1. The third kappa shape index (κ3) is 3.06. The molecule has 6 heteroatoms. The molecule has 2 amide bonds. The molecule has 0 saturated carbocycles. The molecule has 0 aromatic heterocycles. The van der Waals surface area contributed by atoms with Crippen LogP contribution >= 0.6 is 11.6 Å². The van der Waals surface area contributed by atoms with E-state index in [1.54, 1.807) is 41.3 Å². The van der Waals surface area contributed by atoms with Gasteiger partial charge in [0.1, 0.15) is 5.82 Å². The molecule has 1 N–H and O–H groups in total. The van der Waals surface area contributed by atoms with Crippen LogP contribution in [0, 0.1) is 5.82 Å². The molecule has 2 aromatic carbocycles. The summed E-state index contributed by atoms with van der Waals surface area (Å²) in [5, 5.41) is 3.48. The fraction of sp³-hybridized carbons (Fsp3) is 0.350. The van der Waals surface area contributed by atoms with Crippen molar-refractivity contribution in [3.05, 3.63) is 58.9 Å². The minimum Gasteiger partial charge on any atom is -0.307 e. The number of anilines is 2. The fourth-order valence-corrected chi connectivity index (χ4v) is 4.24. The van der Waals surface area contributed by atoms with E-state index >= 15 is 0 Å². The summed E-state index contributed by atoms with van der Waals surface area (Å²) in [6.07, 6.45) is 1.84. The van der Waals surface area contributed by atoms with E-state index in [1.807, 2.05) is 0 Å². The molecule has 26 heavy (non-hydrogen) atoms. The highest BCUT2D eigenvalue weighted by atomic mass is 35.5. The monoisotopic (exact) mass is 373 g/mol. The lowest BCUT2D eigenvalue weighted by atomic mass is 9.74. The molecule has 1 fully saturated rings. The van der Waals surface area contributed by atoms with E-state index < -0.39 is 0 Å². The van der Waals surface area contributed by atoms with Crippen LogP contribution in [0.4, 0.5) is 20.6 Å². The highest BCUT2D eigenvalue weighted by molar-refractivity contribution is 6.30. The maximum Gasteiger partial charge on any atom is 0.326 e. The molecule has 136 valence electrons. The fourth-order valence-electron chi connectivity index (χ4n) is 4.05. The molecule has 1 saturated heterocycles. The summed E-state index contributed by atoms with van der Waals surface area (Å²) in [6.45, 7) is 2.46. The molecule has 1 spiro atoms. The highest BCUT2D eigenvalue weighted by Gasteiger charge is 2.46. The van der Waals surface area contributed by atoms with Gasteiger partial charge in [-0.25, -0.2) is 9.18 Å². The van der Waals surface area contributed by atoms with Crippen molar-refractivity contribution in [2.24, 2.45) is 0 Å². The topological polar surface area (TPSA) is 35.6 Å². The Bertz CT molecular complexity index is 849. The van der Waals surface area contributed by atoms with Crippen LogP contribution in [-0.2, 0) is 5.41 Å². The first kappa shape index (κ1) is 17.3. The molecule has 0 atom stereocenters. The number of nitrogens with one attached hydrogen (secondary N) is 1. The van der Waals surface area contributed by atoms with Gasteiger partial charge in [-0.15, -0.1) is 0 Å². The zero-order valence-corrected chi connectivity index (χ0v) is 15.4. The van der Waals surface area contributed by atoms with Crippen molar-refractivity contribution < 1.29 is 9.18 Å². The zero-order valence-electron chi connectivity index (χ0n) is 14.6. The number of urea groups is 1. The number of amides is 2. The van der Waals surface area contributed by atoms with E-state index in [0.717, 1.165) is 37.2 Å². The number of nitrogens with zero attached hydrogens (tertiary/aromatic N) is 2. The minimum atomic E-state index is -0.251. The third-order valence-corrected chi connectivity index (χ3v) is 5.78. The summed E-state index contributed by atoms with van der Waals surface area (Å²) in [7, 11) is 2.10. The predicted molar refractivity (Wildman–Crippen MR) is 103 cm³/mol. The first-order valence-electron chi connectivity index (χ1n) is 8.80. The molecule has 2 aliphatic heterocycles. The lowest BCUT2D eigenvalue weighted by Crippen LogP contribution is -2.45. The van der Waals surface area contributed by atoms with Crippen LogP contribution in [-0.4, -0.2) is 37.6 Å². The normalized spacial score (nSPS) is 18.8. The average Bonchev–Trinajstić information content (AvgIpc) is 2.92. The van der Waals surface area contributed by atoms with Gasteiger partial charge >= 0.3 is 6.03 Å². The summed E-state index contributed by atoms with van der Waals surface area (Å²) < 4.78 is 14.0. The first-order valence-corrected chi connectivity index (χ1v) is 9.17. The summed E-state index contributed by atoms with van der Waals surface area (Å²) in [4.78, 5) is 16.9. The molecule has 2 aliphatic rings. The van der Waals surface area contributed by atoms with Crippen LogP contribution in [0.3, 0.4) is 0 Å². The van der Waals surface area contributed by atoms with E-state index in [1.165, 1.54) is 6.07 Å². The van der Waals surface area contributed by atoms with Crippen LogP contribution in [0.2, 0.25) is 5.02 Å². The van der Waals surface area contributed by atoms with Gasteiger partial charge in [0.25, 0.3) is 0 Å². The number of hydrogen-bond donors (Lipinski definition) is 1. The van der Waals surface area contributed by atoms with Crippen LogP contribution in [0.15, 0.2) is 42.5 Å². The average molecular weight is 374 g/mol. The number of fused-ring (bicyclic) bond motifs is 2. The van der Waals surface area contributed by atoms with E-state index in [0.29, 0.717) is 17.3 Å². The molecule has 4 nitrogen and oxygen atoms in total. The Balaban J connectivity index is 1.65. The zero-order chi connectivity index (χ0) is 18.3. The van der Waals surface area contributed by atoms with Crippen molar-refractivity contribution in [2.75, 3.05) is 36.9 Å². The summed E-state index contributed by atoms with van der Waals surface area (Å²) >= 11 is 6.01. The van der Waals surface area contributed by atoms with Gasteiger partial charge in [-0.3, -0.25) is 4.90 Å². The molecule has 4 rings (SSSR count). The van der Waals surface area contributed by atoms with Gasteiger partial charge in [-0.05, 0) is 74.9 Å². The van der Waals surface area contributed by atoms with Gasteiger partial charge in [0, 0.05) is 28.4 Å². The molecular formula is C20H21ClFN3O. The van der Waals surface area contributed by atoms with Gasteiger partial charge in [-0.2, -0.15) is 0 Å². The Morgan fingerprint density at radius 2 is 1.96 bits per heavy atom. The molecule has 2 heterocycles. The second kappa shape index (κ2) is 6.56. The van der Waals surface area contributed by atoms with Crippen molar-refractivity contribution in [1.82, 2.24) is 4.90 Å². The number of carbonyl (C=O) groups excluding carboxylic acids is 1. The van der Waals surface area contributed by atoms with E-state index in [9.17, 15) is 9.18 Å². The minimum absolute atomic E-state index is 0.171. The maximum absolute atomic E-state index is 14.0. The second-order valence-electron chi connectivity index (χ2n) is 7.27. The van der Waals surface area contributed by atoms with Crippen molar-refractivity contribution in [3.8, 4) is 0 Å². The SMILES string of the molecule is CN1CCC2(CC1)CN(C(=O)Nc1cccc(Cl)c1)c1ccc(F)cc12. The smallest absolute Gasteiger partial charge is 0.307 e. The highest BCUT2D eigenvalue weighted by Crippen LogP contribution is 2.47. The molecule has 0 aliphatic carbocycles. The Morgan fingerprint density at radius 3 is 2.69 bits per heavy atom. The summed E-state index contributed by atoms with van der Waals surface area (Å²) in [6, 6.07) is 11.6. The first-order chi connectivity index (χ1) is 12.5. The summed E-state index contributed by atoms with van der Waals surface area (Å²) in [5.74, 6) is -0.251. The quantitative estimate of drug-likeness (QED) is 0.799. The van der Waals surface area contributed by atoms with E-state index in [4.69, 9.17) is 11.6 Å². The van der Waals surface area contributed by atoms with Gasteiger partial charge in [-0.1, -0.05) is 17.7 Å². The number of hydrogen-bond acceptors (Lipinski definition) is 2. The van der Waals surface area contributed by atoms with Gasteiger partial charge in [0.15, 0.2) is 0 Å². The Labute approximate surface area is 157 Å². The number of benzene rings is 2. The molecule has 2 aromatic rings. The Morgan fingerprint density at radius 1 is 1.19 bits per heavy atom. The number of halogens is 2. The maximum atomic E-state index is 14.0. The summed E-state index contributed by atoms with van der Waals surface area (Å²) in [5.41, 5.74) is 2.23. The number of carbonyl (C=O) groups is 1. The lowest BCUT2D eigenvalue weighted by Gasteiger charge is -2.38. The third-order valence-electron chi connectivity index (χ3n) is 5.55. The van der Waals surface area contributed by atoms with Crippen LogP contribution in [0.25, 0.3) is 0 Å². The second-order valence-corrected chi connectivity index (χ2v) is 7.71. The van der Waals surface area contributed by atoms with E-state index in [2.05, 4.69) is 17.3 Å². The van der Waals surface area contributed by atoms with Crippen molar-refractivity contribution in [2.45, 2.75) is 18.3 Å².